The SMILES string of the molecule is Cc1cc(F)cc(-c2cnc3ccc(-c4cn(C)nc4/C=N\O)cc3c2N2CC[C@H]3OCCN[C@@H]3C2)c1. The fourth-order valence-corrected chi connectivity index (χ4v) is 5.65. The van der Waals surface area contributed by atoms with Crippen molar-refractivity contribution < 1.29 is 14.3 Å². The van der Waals surface area contributed by atoms with E-state index in [0.29, 0.717) is 5.69 Å². The van der Waals surface area contributed by atoms with Crippen molar-refractivity contribution in [2.75, 3.05) is 31.1 Å². The minimum absolute atomic E-state index is 0.198. The van der Waals surface area contributed by atoms with Crippen molar-refractivity contribution in [3.63, 3.8) is 0 Å². The number of benzene rings is 2. The highest BCUT2D eigenvalue weighted by atomic mass is 19.1. The molecule has 2 fully saturated rings. The van der Waals surface area contributed by atoms with Gasteiger partial charge in [-0.2, -0.15) is 5.10 Å². The first-order valence-corrected chi connectivity index (χ1v) is 12.5. The first-order valence-electron chi connectivity index (χ1n) is 12.5. The molecule has 6 rings (SSSR count). The molecule has 2 saturated heterocycles. The summed E-state index contributed by atoms with van der Waals surface area (Å²) in [5.74, 6) is -0.265. The summed E-state index contributed by atoms with van der Waals surface area (Å²) in [5, 5.41) is 21.3. The van der Waals surface area contributed by atoms with Crippen molar-refractivity contribution in [2.45, 2.75) is 25.5 Å². The summed E-state index contributed by atoms with van der Waals surface area (Å²) in [5.41, 5.74) is 6.79. The number of fused-ring (bicyclic) bond motifs is 2. The third-order valence-corrected chi connectivity index (χ3v) is 7.25. The van der Waals surface area contributed by atoms with E-state index >= 15 is 0 Å². The van der Waals surface area contributed by atoms with Crippen LogP contribution in [0.25, 0.3) is 33.2 Å². The van der Waals surface area contributed by atoms with Crippen LogP contribution in [0.4, 0.5) is 10.1 Å². The molecule has 0 bridgehead atoms. The monoisotopic (exact) mass is 500 g/mol. The number of pyridine rings is 1. The maximum atomic E-state index is 14.5. The number of nitrogens with zero attached hydrogens (tertiary/aromatic N) is 5. The van der Waals surface area contributed by atoms with Crippen LogP contribution in [0.5, 0.6) is 0 Å². The van der Waals surface area contributed by atoms with E-state index in [9.17, 15) is 4.39 Å². The lowest BCUT2D eigenvalue weighted by molar-refractivity contribution is -0.0134. The standard InChI is InChI=1S/C28H29FN6O2/c1-17-9-19(11-20(29)10-17)22-13-31-24-4-3-18(23-15-34(2)33-25(23)14-32-36)12-21(24)28(22)35-7-5-27-26(16-35)30-6-8-37-27/h3-4,9-15,26-27,30,36H,5-8,16H2,1-2H3/b32-14-/t26-,27-/m1/s1. The molecule has 2 N–H and O–H groups in total. The Morgan fingerprint density at radius 1 is 1.19 bits per heavy atom. The molecule has 0 amide bonds. The lowest BCUT2D eigenvalue weighted by atomic mass is 9.94. The molecule has 2 aromatic heterocycles. The molecule has 4 aromatic rings. The van der Waals surface area contributed by atoms with Crippen LogP contribution in [0.1, 0.15) is 17.7 Å². The van der Waals surface area contributed by atoms with Crippen LogP contribution < -0.4 is 10.2 Å². The third kappa shape index (κ3) is 4.45. The minimum atomic E-state index is -0.265. The number of nitrogens with one attached hydrogen (secondary N) is 1. The molecular formula is C28H29FN6O2. The Morgan fingerprint density at radius 3 is 2.92 bits per heavy atom. The maximum Gasteiger partial charge on any atom is 0.124 e. The van der Waals surface area contributed by atoms with Crippen molar-refractivity contribution in [1.82, 2.24) is 20.1 Å². The van der Waals surface area contributed by atoms with Crippen molar-refractivity contribution in [1.29, 1.82) is 0 Å². The summed E-state index contributed by atoms with van der Waals surface area (Å²) in [4.78, 5) is 7.16. The average Bonchev–Trinajstić information content (AvgIpc) is 3.27. The van der Waals surface area contributed by atoms with Gasteiger partial charge in [-0.15, -0.1) is 0 Å². The van der Waals surface area contributed by atoms with Crippen LogP contribution in [0.15, 0.2) is 53.9 Å². The van der Waals surface area contributed by atoms with Crippen molar-refractivity contribution in [2.24, 2.45) is 12.2 Å². The van der Waals surface area contributed by atoms with Crippen LogP contribution in [0, 0.1) is 12.7 Å². The largest absolute Gasteiger partial charge is 0.411 e. The first kappa shape index (κ1) is 23.6. The maximum absolute atomic E-state index is 14.5. The quantitative estimate of drug-likeness (QED) is 0.249. The Labute approximate surface area is 214 Å². The van der Waals surface area contributed by atoms with E-state index < -0.39 is 0 Å². The molecule has 4 heterocycles. The van der Waals surface area contributed by atoms with E-state index in [-0.39, 0.29) is 18.0 Å². The van der Waals surface area contributed by atoms with Crippen LogP contribution in [0.2, 0.25) is 0 Å². The van der Waals surface area contributed by atoms with Gasteiger partial charge in [0, 0.05) is 55.6 Å². The zero-order valence-corrected chi connectivity index (χ0v) is 20.9. The summed E-state index contributed by atoms with van der Waals surface area (Å²) < 4.78 is 22.2. The topological polar surface area (TPSA) is 87.8 Å². The highest BCUT2D eigenvalue weighted by molar-refractivity contribution is 6.02. The van der Waals surface area contributed by atoms with E-state index in [1.54, 1.807) is 10.7 Å². The molecule has 2 atom stereocenters. The van der Waals surface area contributed by atoms with Gasteiger partial charge in [0.05, 0.1) is 36.2 Å². The molecule has 0 aliphatic carbocycles. The van der Waals surface area contributed by atoms with Crippen LogP contribution in [0.3, 0.4) is 0 Å². The van der Waals surface area contributed by atoms with E-state index in [4.69, 9.17) is 14.9 Å². The lowest BCUT2D eigenvalue weighted by Crippen LogP contribution is -2.58. The second-order valence-electron chi connectivity index (χ2n) is 9.82. The smallest absolute Gasteiger partial charge is 0.124 e. The van der Waals surface area contributed by atoms with Gasteiger partial charge >= 0.3 is 0 Å². The number of hydrogen-bond donors (Lipinski definition) is 2. The Kier molecular flexibility index (Phi) is 6.10. The zero-order valence-electron chi connectivity index (χ0n) is 20.9. The van der Waals surface area contributed by atoms with E-state index in [0.717, 1.165) is 77.1 Å². The number of hydrogen-bond acceptors (Lipinski definition) is 7. The molecule has 0 saturated carbocycles. The lowest BCUT2D eigenvalue weighted by Gasteiger charge is -2.43. The van der Waals surface area contributed by atoms with Crippen LogP contribution in [-0.2, 0) is 11.8 Å². The molecule has 9 heteroatoms. The molecule has 2 aliphatic heterocycles. The molecule has 37 heavy (non-hydrogen) atoms. The summed E-state index contributed by atoms with van der Waals surface area (Å²) in [6, 6.07) is 11.4. The van der Waals surface area contributed by atoms with Crippen LogP contribution in [-0.4, -0.2) is 64.6 Å². The second kappa shape index (κ2) is 9.57. The highest BCUT2D eigenvalue weighted by Gasteiger charge is 2.33. The van der Waals surface area contributed by atoms with Gasteiger partial charge < -0.3 is 20.2 Å². The molecule has 0 radical (unpaired) electrons. The molecular weight excluding hydrogens is 471 g/mol. The van der Waals surface area contributed by atoms with Crippen molar-refractivity contribution in [3.8, 4) is 22.3 Å². The molecule has 2 aromatic carbocycles. The number of morpholine rings is 1. The molecule has 190 valence electrons. The van der Waals surface area contributed by atoms with Gasteiger partial charge in [-0.25, -0.2) is 4.39 Å². The number of aromatic nitrogens is 3. The van der Waals surface area contributed by atoms with E-state index in [1.807, 2.05) is 44.6 Å². The predicted molar refractivity (Wildman–Crippen MR) is 142 cm³/mol. The van der Waals surface area contributed by atoms with Gasteiger partial charge in [0.1, 0.15) is 11.5 Å². The number of oxime groups is 1. The van der Waals surface area contributed by atoms with Gasteiger partial charge in [-0.1, -0.05) is 17.3 Å². The van der Waals surface area contributed by atoms with E-state index in [1.165, 1.54) is 12.3 Å². The Bertz CT molecular complexity index is 1480. The van der Waals surface area contributed by atoms with Gasteiger partial charge in [-0.3, -0.25) is 9.67 Å². The van der Waals surface area contributed by atoms with Crippen molar-refractivity contribution >= 4 is 22.8 Å². The first-order chi connectivity index (χ1) is 18.0. The molecule has 2 aliphatic rings. The fourth-order valence-electron chi connectivity index (χ4n) is 5.65. The fraction of sp³-hybridized carbons (Fsp3) is 0.321. The summed E-state index contributed by atoms with van der Waals surface area (Å²) in [7, 11) is 1.83. The minimum Gasteiger partial charge on any atom is -0.411 e. The number of halogens is 1. The molecule has 0 unspecified atom stereocenters. The van der Waals surface area contributed by atoms with Gasteiger partial charge in [-0.05, 0) is 54.3 Å². The number of piperidine rings is 1. The summed E-state index contributed by atoms with van der Waals surface area (Å²) in [6.07, 6.45) is 6.20. The number of rotatable bonds is 4. The number of ether oxygens (including phenoxy) is 1. The molecule has 0 spiro atoms. The number of aryl methyl sites for hydroxylation is 2. The van der Waals surface area contributed by atoms with Gasteiger partial charge in [0.2, 0.25) is 0 Å². The van der Waals surface area contributed by atoms with Crippen LogP contribution >= 0.6 is 0 Å². The summed E-state index contributed by atoms with van der Waals surface area (Å²) >= 11 is 0. The molecule has 8 nitrogen and oxygen atoms in total. The highest BCUT2D eigenvalue weighted by Crippen LogP contribution is 2.40. The van der Waals surface area contributed by atoms with Gasteiger partial charge in [0.15, 0.2) is 0 Å². The Hall–Kier alpha value is -3.82. The normalized spacial score (nSPS) is 20.0. The number of anilines is 1. The Balaban J connectivity index is 1.55. The predicted octanol–water partition coefficient (Wildman–Crippen LogP) is 4.13. The van der Waals surface area contributed by atoms with Crippen molar-refractivity contribution in [3.05, 3.63) is 65.9 Å². The Morgan fingerprint density at radius 2 is 2.08 bits per heavy atom. The van der Waals surface area contributed by atoms with E-state index in [2.05, 4.69) is 26.5 Å². The van der Waals surface area contributed by atoms with Gasteiger partial charge in [0.25, 0.3) is 0 Å². The second-order valence-corrected chi connectivity index (χ2v) is 9.82. The zero-order chi connectivity index (χ0) is 25.5. The summed E-state index contributed by atoms with van der Waals surface area (Å²) in [6.45, 7) is 5.08. The average molecular weight is 501 g/mol. The third-order valence-electron chi connectivity index (χ3n) is 7.25.